The lowest BCUT2D eigenvalue weighted by Crippen LogP contribution is -2.46. The van der Waals surface area contributed by atoms with E-state index < -0.39 is 0 Å². The molecule has 3 aliphatic carbocycles. The predicted octanol–water partition coefficient (Wildman–Crippen LogP) is 6.91. The van der Waals surface area contributed by atoms with Crippen molar-refractivity contribution >= 4 is 17.4 Å². The lowest BCUT2D eigenvalue weighted by molar-refractivity contribution is -0.00647. The predicted molar refractivity (Wildman–Crippen MR) is 140 cm³/mol. The molecule has 6 rings (SSSR count). The molecule has 188 valence electrons. The average molecular weight is 497 g/mol. The highest BCUT2D eigenvalue weighted by Gasteiger charge is 2.48. The summed E-state index contributed by atoms with van der Waals surface area (Å²) in [7, 11) is 0. The van der Waals surface area contributed by atoms with E-state index in [0.717, 1.165) is 35.4 Å². The maximum atomic E-state index is 13.6. The van der Waals surface area contributed by atoms with E-state index in [1.165, 1.54) is 76.7 Å². The van der Waals surface area contributed by atoms with Gasteiger partial charge in [0, 0.05) is 31.2 Å². The lowest BCUT2D eigenvalue weighted by atomic mass is 9.56. The summed E-state index contributed by atoms with van der Waals surface area (Å²) in [5, 5.41) is 12.8. The first kappa shape index (κ1) is 23.7. The number of hydrogen-bond acceptors (Lipinski definition) is 4. The number of hydrogen-bond donors (Lipinski definition) is 1. The highest BCUT2D eigenvalue weighted by atomic mass is 35.5. The SMILES string of the molecule is CC1CC2CC(C)CC(CN3C[C@H]4CC(Nc5ccc(-c6cc(F)ccc6Cl)nn5)C[C@H]4C3)(C1)C2. The molecule has 0 radical (unpaired) electrons. The maximum absolute atomic E-state index is 13.6. The molecule has 3 saturated carbocycles. The van der Waals surface area contributed by atoms with Gasteiger partial charge in [0.1, 0.15) is 11.6 Å². The summed E-state index contributed by atoms with van der Waals surface area (Å²) in [4.78, 5) is 2.83. The van der Waals surface area contributed by atoms with Gasteiger partial charge in [-0.2, -0.15) is 0 Å². The minimum atomic E-state index is -0.324. The van der Waals surface area contributed by atoms with E-state index in [4.69, 9.17) is 11.6 Å². The fourth-order valence-corrected chi connectivity index (χ4v) is 8.89. The van der Waals surface area contributed by atoms with Gasteiger partial charge in [-0.25, -0.2) is 4.39 Å². The second-order valence-corrected chi connectivity index (χ2v) is 13.0. The van der Waals surface area contributed by atoms with Crippen LogP contribution in [0.5, 0.6) is 0 Å². The van der Waals surface area contributed by atoms with Crippen molar-refractivity contribution in [1.82, 2.24) is 15.1 Å². The summed E-state index contributed by atoms with van der Waals surface area (Å²) in [5.41, 5.74) is 1.75. The summed E-state index contributed by atoms with van der Waals surface area (Å²) < 4.78 is 13.6. The third kappa shape index (κ3) is 4.96. The van der Waals surface area contributed by atoms with Crippen LogP contribution in [0.2, 0.25) is 5.02 Å². The van der Waals surface area contributed by atoms with Crippen LogP contribution in [0.25, 0.3) is 11.3 Å². The van der Waals surface area contributed by atoms with E-state index >= 15 is 0 Å². The standard InChI is InChI=1S/C29H38ClFN4/c1-18-7-20-8-19(2)13-29(12-18,14-20)17-35-15-21-9-24(10-22(21)16-35)32-28-6-5-27(33-34-28)25-11-23(31)3-4-26(25)30/h3-6,11,18-22,24H,7-10,12-17H2,1-2H3,(H,32,34)/t18?,19?,20?,21-,22+,24?,29?. The number of nitrogens with zero attached hydrogens (tertiary/aromatic N) is 3. The Hall–Kier alpha value is -1.72. The third-order valence-corrected chi connectivity index (χ3v) is 9.69. The smallest absolute Gasteiger partial charge is 0.148 e. The van der Waals surface area contributed by atoms with Crippen LogP contribution in [0.1, 0.15) is 58.8 Å². The zero-order valence-corrected chi connectivity index (χ0v) is 21.8. The van der Waals surface area contributed by atoms with E-state index in [1.807, 2.05) is 12.1 Å². The van der Waals surface area contributed by atoms with Crippen LogP contribution in [0.15, 0.2) is 30.3 Å². The summed E-state index contributed by atoms with van der Waals surface area (Å²) in [6.45, 7) is 8.85. The Balaban J connectivity index is 1.04. The van der Waals surface area contributed by atoms with Gasteiger partial charge in [0.2, 0.25) is 0 Å². The van der Waals surface area contributed by atoms with Crippen LogP contribution < -0.4 is 5.32 Å². The Kier molecular flexibility index (Phi) is 6.29. The van der Waals surface area contributed by atoms with Gasteiger partial charge in [-0.1, -0.05) is 25.4 Å². The molecule has 3 unspecified atom stereocenters. The van der Waals surface area contributed by atoms with Gasteiger partial charge >= 0.3 is 0 Å². The molecule has 2 heterocycles. The Morgan fingerprint density at radius 3 is 2.34 bits per heavy atom. The van der Waals surface area contributed by atoms with Crippen LogP contribution in [-0.4, -0.2) is 40.8 Å². The first-order valence-electron chi connectivity index (χ1n) is 13.6. The molecule has 1 N–H and O–H groups in total. The average Bonchev–Trinajstić information content (AvgIpc) is 3.32. The molecule has 1 aromatic heterocycles. The highest BCUT2D eigenvalue weighted by Crippen LogP contribution is 2.54. The molecule has 4 fully saturated rings. The normalized spacial score (nSPS) is 36.8. The van der Waals surface area contributed by atoms with Gasteiger partial charge in [-0.3, -0.25) is 0 Å². The molecule has 2 bridgehead atoms. The van der Waals surface area contributed by atoms with Gasteiger partial charge in [-0.15, -0.1) is 10.2 Å². The molecule has 2 aromatic rings. The first-order chi connectivity index (χ1) is 16.8. The number of benzene rings is 1. The molecule has 4 nitrogen and oxygen atoms in total. The van der Waals surface area contributed by atoms with Gasteiger partial charge in [0.25, 0.3) is 0 Å². The fourth-order valence-electron chi connectivity index (χ4n) is 8.68. The van der Waals surface area contributed by atoms with Crippen molar-refractivity contribution in [2.75, 3.05) is 25.0 Å². The molecule has 0 amide bonds. The van der Waals surface area contributed by atoms with Crippen LogP contribution >= 0.6 is 11.6 Å². The molecule has 1 aromatic carbocycles. The Morgan fingerprint density at radius 1 is 0.971 bits per heavy atom. The van der Waals surface area contributed by atoms with Crippen LogP contribution in [0, 0.1) is 40.8 Å². The minimum absolute atomic E-state index is 0.324. The molecular weight excluding hydrogens is 459 g/mol. The number of nitrogens with one attached hydrogen (secondary N) is 1. The molecule has 6 heteroatoms. The van der Waals surface area contributed by atoms with E-state index in [9.17, 15) is 4.39 Å². The van der Waals surface area contributed by atoms with Crippen molar-refractivity contribution in [3.05, 3.63) is 41.2 Å². The van der Waals surface area contributed by atoms with E-state index in [0.29, 0.717) is 27.7 Å². The lowest BCUT2D eigenvalue weighted by Gasteiger charge is -2.51. The topological polar surface area (TPSA) is 41.0 Å². The molecule has 35 heavy (non-hydrogen) atoms. The van der Waals surface area contributed by atoms with Crippen molar-refractivity contribution in [3.63, 3.8) is 0 Å². The van der Waals surface area contributed by atoms with Gasteiger partial charge in [-0.05, 0) is 110 Å². The zero-order valence-electron chi connectivity index (χ0n) is 21.0. The maximum Gasteiger partial charge on any atom is 0.148 e. The van der Waals surface area contributed by atoms with Crippen LogP contribution in [0.4, 0.5) is 10.2 Å². The van der Waals surface area contributed by atoms with Crippen molar-refractivity contribution in [3.8, 4) is 11.3 Å². The van der Waals surface area contributed by atoms with E-state index in [2.05, 4.69) is 34.3 Å². The monoisotopic (exact) mass is 496 g/mol. The quantitative estimate of drug-likeness (QED) is 0.488. The van der Waals surface area contributed by atoms with Crippen molar-refractivity contribution in [2.45, 2.75) is 64.8 Å². The second-order valence-electron chi connectivity index (χ2n) is 12.6. The highest BCUT2D eigenvalue weighted by molar-refractivity contribution is 6.33. The Labute approximate surface area is 214 Å². The second kappa shape index (κ2) is 9.30. The van der Waals surface area contributed by atoms with Crippen molar-refractivity contribution in [2.24, 2.45) is 35.0 Å². The minimum Gasteiger partial charge on any atom is -0.366 e. The number of aromatic nitrogens is 2. The number of likely N-dealkylation sites (tertiary alicyclic amines) is 1. The van der Waals surface area contributed by atoms with Crippen molar-refractivity contribution in [1.29, 1.82) is 0 Å². The number of halogens is 2. The van der Waals surface area contributed by atoms with Gasteiger partial charge in [0.05, 0.1) is 10.7 Å². The summed E-state index contributed by atoms with van der Waals surface area (Å²) in [6, 6.07) is 8.59. The van der Waals surface area contributed by atoms with Crippen LogP contribution in [0.3, 0.4) is 0 Å². The van der Waals surface area contributed by atoms with E-state index in [-0.39, 0.29) is 5.82 Å². The Morgan fingerprint density at radius 2 is 1.69 bits per heavy atom. The van der Waals surface area contributed by atoms with Gasteiger partial charge < -0.3 is 10.2 Å². The molecule has 5 atom stereocenters. The number of fused-ring (bicyclic) bond motifs is 3. The molecular formula is C29H38ClFN4. The Bertz CT molecular complexity index is 1030. The number of anilines is 1. The molecule has 1 aliphatic heterocycles. The van der Waals surface area contributed by atoms with E-state index in [1.54, 1.807) is 6.07 Å². The molecule has 1 saturated heterocycles. The zero-order chi connectivity index (χ0) is 24.2. The molecule has 0 spiro atoms. The van der Waals surface area contributed by atoms with Crippen LogP contribution in [-0.2, 0) is 0 Å². The summed E-state index contributed by atoms with van der Waals surface area (Å²) in [5.74, 6) is 4.83. The number of rotatable bonds is 5. The molecule has 4 aliphatic rings. The summed E-state index contributed by atoms with van der Waals surface area (Å²) >= 11 is 6.22. The largest absolute Gasteiger partial charge is 0.366 e. The van der Waals surface area contributed by atoms with Gasteiger partial charge in [0.15, 0.2) is 0 Å². The first-order valence-corrected chi connectivity index (χ1v) is 14.0. The third-order valence-electron chi connectivity index (χ3n) is 9.36. The fraction of sp³-hybridized carbons (Fsp3) is 0.655. The van der Waals surface area contributed by atoms with Crippen molar-refractivity contribution < 1.29 is 4.39 Å². The summed E-state index contributed by atoms with van der Waals surface area (Å²) in [6.07, 6.45) is 9.71.